The molecule has 27 heavy (non-hydrogen) atoms. The van der Waals surface area contributed by atoms with E-state index in [0.29, 0.717) is 18.0 Å². The number of aromatic nitrogens is 1. The number of hydrogen-bond donors (Lipinski definition) is 1. The first-order valence-electron chi connectivity index (χ1n) is 9.20. The Bertz CT molecular complexity index is 955. The van der Waals surface area contributed by atoms with Crippen molar-refractivity contribution in [3.8, 4) is 16.9 Å². The van der Waals surface area contributed by atoms with Gasteiger partial charge in [0.05, 0.1) is 11.3 Å². The van der Waals surface area contributed by atoms with Gasteiger partial charge in [0.2, 0.25) is 0 Å². The molecule has 0 saturated carbocycles. The van der Waals surface area contributed by atoms with Crippen LogP contribution in [0.25, 0.3) is 16.9 Å². The van der Waals surface area contributed by atoms with Gasteiger partial charge in [0.25, 0.3) is 5.91 Å². The van der Waals surface area contributed by atoms with E-state index in [2.05, 4.69) is 29.8 Å². The van der Waals surface area contributed by atoms with Gasteiger partial charge in [0.1, 0.15) is 5.82 Å². The van der Waals surface area contributed by atoms with Crippen LogP contribution < -0.4 is 5.32 Å². The summed E-state index contributed by atoms with van der Waals surface area (Å²) in [6.07, 6.45) is 0. The fourth-order valence-corrected chi connectivity index (χ4v) is 3.16. The van der Waals surface area contributed by atoms with Crippen LogP contribution in [-0.4, -0.2) is 17.0 Å². The zero-order valence-corrected chi connectivity index (χ0v) is 16.2. The van der Waals surface area contributed by atoms with Crippen molar-refractivity contribution >= 4 is 5.91 Å². The lowest BCUT2D eigenvalue weighted by atomic mass is 10.1. The average Bonchev–Trinajstić information content (AvgIpc) is 2.97. The summed E-state index contributed by atoms with van der Waals surface area (Å²) in [7, 11) is 0. The van der Waals surface area contributed by atoms with Crippen molar-refractivity contribution < 1.29 is 9.18 Å². The van der Waals surface area contributed by atoms with E-state index in [-0.39, 0.29) is 11.7 Å². The van der Waals surface area contributed by atoms with Crippen molar-refractivity contribution in [3.63, 3.8) is 0 Å². The minimum Gasteiger partial charge on any atom is -0.352 e. The van der Waals surface area contributed by atoms with Crippen LogP contribution in [0.15, 0.2) is 54.6 Å². The van der Waals surface area contributed by atoms with Crippen molar-refractivity contribution in [2.75, 3.05) is 6.54 Å². The summed E-state index contributed by atoms with van der Waals surface area (Å²) in [6.45, 7) is 8.74. The van der Waals surface area contributed by atoms with E-state index in [4.69, 9.17) is 0 Å². The lowest BCUT2D eigenvalue weighted by molar-refractivity contribution is 0.0948. The molecule has 1 heterocycles. The third-order valence-corrected chi connectivity index (χ3v) is 4.56. The van der Waals surface area contributed by atoms with Gasteiger partial charge in [0, 0.05) is 17.9 Å². The second kappa shape index (κ2) is 7.78. The smallest absolute Gasteiger partial charge is 0.253 e. The van der Waals surface area contributed by atoms with Gasteiger partial charge in [-0.25, -0.2) is 4.39 Å². The van der Waals surface area contributed by atoms with Crippen LogP contribution in [0.3, 0.4) is 0 Å². The number of benzene rings is 2. The highest BCUT2D eigenvalue weighted by Gasteiger charge is 2.19. The van der Waals surface area contributed by atoms with E-state index in [1.165, 1.54) is 12.1 Å². The minimum absolute atomic E-state index is 0.0871. The molecule has 4 heteroatoms. The number of nitrogens with zero attached hydrogens (tertiary/aromatic N) is 1. The summed E-state index contributed by atoms with van der Waals surface area (Å²) in [4.78, 5) is 12.7. The van der Waals surface area contributed by atoms with Gasteiger partial charge in [-0.15, -0.1) is 0 Å². The summed E-state index contributed by atoms with van der Waals surface area (Å²) >= 11 is 0. The van der Waals surface area contributed by atoms with Crippen molar-refractivity contribution in [2.45, 2.75) is 27.7 Å². The molecule has 3 aromatic rings. The topological polar surface area (TPSA) is 34.0 Å². The number of carbonyl (C=O) groups excluding carboxylic acids is 1. The number of nitrogens with one attached hydrogen (secondary N) is 1. The zero-order chi connectivity index (χ0) is 19.6. The van der Waals surface area contributed by atoms with Crippen LogP contribution >= 0.6 is 0 Å². The molecule has 0 atom stereocenters. The van der Waals surface area contributed by atoms with Gasteiger partial charge < -0.3 is 9.88 Å². The van der Waals surface area contributed by atoms with Crippen molar-refractivity contribution in [1.29, 1.82) is 0 Å². The van der Waals surface area contributed by atoms with E-state index in [0.717, 1.165) is 28.2 Å². The Balaban J connectivity index is 2.14. The molecule has 0 bridgehead atoms. The Morgan fingerprint density at radius 2 is 1.78 bits per heavy atom. The van der Waals surface area contributed by atoms with Gasteiger partial charge in [0.15, 0.2) is 0 Å². The van der Waals surface area contributed by atoms with Gasteiger partial charge in [-0.1, -0.05) is 26.0 Å². The molecule has 3 nitrogen and oxygen atoms in total. The lowest BCUT2D eigenvalue weighted by Gasteiger charge is -2.13. The molecule has 0 spiro atoms. The summed E-state index contributed by atoms with van der Waals surface area (Å²) < 4.78 is 15.5. The molecule has 0 aliphatic heterocycles. The molecule has 0 aliphatic rings. The number of amides is 1. The van der Waals surface area contributed by atoms with Crippen LogP contribution in [0.1, 0.15) is 35.5 Å². The molecule has 0 aliphatic carbocycles. The normalized spacial score (nSPS) is 11.0. The first-order valence-corrected chi connectivity index (χ1v) is 9.20. The summed E-state index contributed by atoms with van der Waals surface area (Å²) in [5, 5.41) is 2.99. The first-order chi connectivity index (χ1) is 12.9. The summed E-state index contributed by atoms with van der Waals surface area (Å²) in [5.41, 5.74) is 5.35. The van der Waals surface area contributed by atoms with E-state index in [9.17, 15) is 9.18 Å². The Kier molecular flexibility index (Phi) is 5.45. The maximum absolute atomic E-state index is 13.4. The monoisotopic (exact) mass is 364 g/mol. The van der Waals surface area contributed by atoms with Crippen LogP contribution in [-0.2, 0) is 0 Å². The zero-order valence-electron chi connectivity index (χ0n) is 16.2. The highest BCUT2D eigenvalue weighted by Crippen LogP contribution is 2.30. The molecule has 0 fully saturated rings. The highest BCUT2D eigenvalue weighted by atomic mass is 19.1. The number of aryl methyl sites for hydroxylation is 1. The number of halogens is 1. The largest absolute Gasteiger partial charge is 0.352 e. The van der Waals surface area contributed by atoms with Gasteiger partial charge >= 0.3 is 0 Å². The van der Waals surface area contributed by atoms with Gasteiger partial charge in [-0.2, -0.15) is 0 Å². The number of hydrogen-bond acceptors (Lipinski definition) is 1. The molecule has 0 saturated heterocycles. The summed E-state index contributed by atoms with van der Waals surface area (Å²) in [6, 6.07) is 16.4. The Morgan fingerprint density at radius 1 is 1.07 bits per heavy atom. The second-order valence-corrected chi connectivity index (χ2v) is 7.31. The molecular weight excluding hydrogens is 339 g/mol. The molecule has 1 amide bonds. The van der Waals surface area contributed by atoms with Gasteiger partial charge in [-0.05, 0) is 73.4 Å². The average molecular weight is 364 g/mol. The molecular formula is C23H25FN2O. The fourth-order valence-electron chi connectivity index (χ4n) is 3.16. The predicted octanol–water partition coefficient (Wildman–Crippen LogP) is 5.29. The van der Waals surface area contributed by atoms with Crippen molar-refractivity contribution in [1.82, 2.24) is 9.88 Å². The number of rotatable bonds is 5. The van der Waals surface area contributed by atoms with E-state index < -0.39 is 0 Å². The van der Waals surface area contributed by atoms with Crippen LogP contribution in [0.2, 0.25) is 0 Å². The molecule has 140 valence electrons. The SMILES string of the molecule is Cc1cccc(-n2c(-c3ccc(F)cc3)cc(C(=O)NCC(C)C)c2C)c1. The Hall–Kier alpha value is -2.88. The standard InChI is InChI=1S/C23H25FN2O/c1-15(2)14-25-23(27)21-13-22(18-8-10-19(24)11-9-18)26(17(21)4)20-7-5-6-16(3)12-20/h5-13,15H,14H2,1-4H3,(H,25,27). The highest BCUT2D eigenvalue weighted by molar-refractivity contribution is 5.97. The van der Waals surface area contributed by atoms with Gasteiger partial charge in [-0.3, -0.25) is 4.79 Å². The van der Waals surface area contributed by atoms with E-state index >= 15 is 0 Å². The lowest BCUT2D eigenvalue weighted by Crippen LogP contribution is -2.27. The molecule has 0 unspecified atom stereocenters. The quantitative estimate of drug-likeness (QED) is 0.656. The molecule has 2 aromatic carbocycles. The Morgan fingerprint density at radius 3 is 2.41 bits per heavy atom. The third-order valence-electron chi connectivity index (χ3n) is 4.56. The minimum atomic E-state index is -0.279. The maximum atomic E-state index is 13.4. The first kappa shape index (κ1) is 18.9. The van der Waals surface area contributed by atoms with E-state index in [1.807, 2.05) is 38.1 Å². The third kappa shape index (κ3) is 4.11. The Labute approximate surface area is 159 Å². The fraction of sp³-hybridized carbons (Fsp3) is 0.261. The predicted molar refractivity (Wildman–Crippen MR) is 108 cm³/mol. The van der Waals surface area contributed by atoms with Crippen LogP contribution in [0, 0.1) is 25.6 Å². The second-order valence-electron chi connectivity index (χ2n) is 7.31. The van der Waals surface area contributed by atoms with E-state index in [1.54, 1.807) is 12.1 Å². The number of carbonyl (C=O) groups is 1. The molecule has 3 rings (SSSR count). The summed E-state index contributed by atoms with van der Waals surface area (Å²) in [5.74, 6) is 0.0136. The molecule has 1 aromatic heterocycles. The molecule has 0 radical (unpaired) electrons. The van der Waals surface area contributed by atoms with Crippen LogP contribution in [0.4, 0.5) is 4.39 Å². The van der Waals surface area contributed by atoms with Crippen molar-refractivity contribution in [2.24, 2.45) is 5.92 Å². The molecule has 1 N–H and O–H groups in total. The maximum Gasteiger partial charge on any atom is 0.253 e. The van der Waals surface area contributed by atoms with Crippen molar-refractivity contribution in [3.05, 3.63) is 77.2 Å². The van der Waals surface area contributed by atoms with Crippen LogP contribution in [0.5, 0.6) is 0 Å².